The molecule has 374 valence electrons. The van der Waals surface area contributed by atoms with Gasteiger partial charge in [0.1, 0.15) is 11.5 Å². The van der Waals surface area contributed by atoms with Gasteiger partial charge in [-0.1, -0.05) is 222 Å². The van der Waals surface area contributed by atoms with Crippen molar-refractivity contribution in [3.63, 3.8) is 0 Å². The topological polar surface area (TPSA) is 17.4 Å². The molecule has 1 aromatic heterocycles. The fourth-order valence-electron chi connectivity index (χ4n) is 11.9. The Kier molecular flexibility index (Phi) is 12.0. The van der Waals surface area contributed by atoms with E-state index in [0.717, 1.165) is 73.2 Å². The highest BCUT2D eigenvalue weighted by molar-refractivity contribution is 6.10. The van der Waals surface area contributed by atoms with Gasteiger partial charge in [-0.05, 0) is 157 Å². The van der Waals surface area contributed by atoms with Gasteiger partial charge in [-0.3, -0.25) is 0 Å². The molecule has 0 saturated carbocycles. The summed E-state index contributed by atoms with van der Waals surface area (Å²) in [5, 5.41) is 2.44. The maximum absolute atomic E-state index is 6.47. The van der Waals surface area contributed by atoms with E-state index in [1.54, 1.807) is 0 Å². The minimum atomic E-state index is -0.673. The van der Waals surface area contributed by atoms with Crippen molar-refractivity contribution in [1.82, 2.24) is 4.57 Å². The molecule has 1 atom stereocenters. The zero-order valence-electron chi connectivity index (χ0n) is 44.2. The fraction of sp³-hybridized carbons (Fsp3) is 0.0667. The minimum Gasteiger partial charge on any atom is -0.457 e. The lowest BCUT2D eigenvalue weighted by Gasteiger charge is -2.35. The van der Waals surface area contributed by atoms with E-state index >= 15 is 0 Å². The molecule has 0 spiro atoms. The second kappa shape index (κ2) is 19.5. The maximum Gasteiger partial charge on any atom is 0.127 e. The zero-order chi connectivity index (χ0) is 53.0. The molecule has 78 heavy (non-hydrogen) atoms. The van der Waals surface area contributed by atoms with Crippen LogP contribution < -0.4 is 9.64 Å². The number of anilines is 3. The highest BCUT2D eigenvalue weighted by Gasteiger charge is 2.46. The van der Waals surface area contributed by atoms with Crippen LogP contribution in [-0.2, 0) is 10.8 Å². The van der Waals surface area contributed by atoms with Gasteiger partial charge < -0.3 is 14.2 Å². The third-order valence-corrected chi connectivity index (χ3v) is 15.9. The lowest BCUT2D eigenvalue weighted by molar-refractivity contribution is 0.482. The molecule has 1 aliphatic carbocycles. The third kappa shape index (κ3) is 8.23. The van der Waals surface area contributed by atoms with Gasteiger partial charge in [0.05, 0.1) is 22.1 Å². The van der Waals surface area contributed by atoms with Crippen LogP contribution >= 0.6 is 0 Å². The molecule has 0 fully saturated rings. The molecule has 3 heteroatoms. The number of aromatic nitrogens is 1. The molecule has 1 unspecified atom stereocenters. The molecule has 13 rings (SSSR count). The molecular weight excluding hydrogens is 945 g/mol. The molecule has 0 aliphatic heterocycles. The normalized spacial score (nSPS) is 13.7. The summed E-state index contributed by atoms with van der Waals surface area (Å²) in [5.74, 6) is 1.55. The molecule has 1 heterocycles. The van der Waals surface area contributed by atoms with Gasteiger partial charge in [0.15, 0.2) is 0 Å². The molecule has 11 aromatic carbocycles. The summed E-state index contributed by atoms with van der Waals surface area (Å²) < 4.78 is 8.84. The third-order valence-electron chi connectivity index (χ3n) is 15.9. The van der Waals surface area contributed by atoms with Crippen molar-refractivity contribution < 1.29 is 4.74 Å². The summed E-state index contributed by atoms with van der Waals surface area (Å²) >= 11 is 0. The number of nitrogens with zero attached hydrogens (tertiary/aromatic N) is 2. The van der Waals surface area contributed by atoms with Crippen LogP contribution in [0, 0.1) is 0 Å². The second-order valence-electron chi connectivity index (χ2n) is 21.4. The Balaban J connectivity index is 0.973. The van der Waals surface area contributed by atoms with Crippen molar-refractivity contribution in [3.05, 3.63) is 313 Å². The van der Waals surface area contributed by atoms with Crippen molar-refractivity contribution in [3.8, 4) is 50.6 Å². The Hall–Kier alpha value is -9.70. The summed E-state index contributed by atoms with van der Waals surface area (Å²) in [4.78, 5) is 2.45. The first-order valence-corrected chi connectivity index (χ1v) is 26.9. The first-order chi connectivity index (χ1) is 38.2. The summed E-state index contributed by atoms with van der Waals surface area (Å²) in [6.07, 6.45) is 3.74. The van der Waals surface area contributed by atoms with Crippen LogP contribution in [0.1, 0.15) is 59.7 Å². The zero-order valence-corrected chi connectivity index (χ0v) is 44.2. The van der Waals surface area contributed by atoms with E-state index in [4.69, 9.17) is 4.74 Å². The molecule has 0 radical (unpaired) electrons. The van der Waals surface area contributed by atoms with Gasteiger partial charge in [-0.25, -0.2) is 0 Å². The van der Waals surface area contributed by atoms with Gasteiger partial charge in [-0.2, -0.15) is 0 Å². The SMILES string of the molecule is C=Cc1ccc(Oc2ccc(C3(c4ccc(C(C)(C)C)cc4)c4ccccc4-c4ccc(N(c5ccc(-c6ccc7c(c6)c6ccccc6n7-c6ccc(C=C)cc6)cc5)c5ccccc5-c5ccccc5)cc43)cc2)cc1. The van der Waals surface area contributed by atoms with Crippen LogP contribution in [0.3, 0.4) is 0 Å². The number of fused-ring (bicyclic) bond motifs is 6. The number of benzene rings is 11. The van der Waals surface area contributed by atoms with Gasteiger partial charge in [0.25, 0.3) is 0 Å². The van der Waals surface area contributed by atoms with Gasteiger partial charge in [-0.15, -0.1) is 0 Å². The van der Waals surface area contributed by atoms with E-state index in [0.29, 0.717) is 0 Å². The molecule has 0 amide bonds. The van der Waals surface area contributed by atoms with Crippen LogP contribution in [0.15, 0.2) is 274 Å². The van der Waals surface area contributed by atoms with E-state index in [2.05, 4.69) is 280 Å². The van der Waals surface area contributed by atoms with Gasteiger partial charge in [0.2, 0.25) is 0 Å². The molecule has 3 nitrogen and oxygen atoms in total. The fourth-order valence-corrected chi connectivity index (χ4v) is 11.9. The van der Waals surface area contributed by atoms with E-state index < -0.39 is 5.41 Å². The van der Waals surface area contributed by atoms with Crippen molar-refractivity contribution in [2.45, 2.75) is 31.6 Å². The smallest absolute Gasteiger partial charge is 0.127 e. The standard InChI is InChI=1S/C75H58N2O/c1-6-51-25-38-60(39-26-51)77-72-24-16-13-21-67(72)68-49-55(31-48-73(68)77)53-29-40-59(41-30-53)76(71-23-15-12-19-64(71)54-17-9-8-10-18-54)61-42-47-66-65-20-11-14-22-69(65)75(70(66)50-61,57-34-32-56(33-35-57)74(3,4)5)58-36-45-63(46-37-58)78-62-43-27-52(7-2)28-44-62/h6-50H,1-2H2,3-5H3. The Labute approximate surface area is 458 Å². The van der Waals surface area contributed by atoms with Crippen molar-refractivity contribution in [2.75, 3.05) is 4.90 Å². The number of rotatable bonds is 12. The van der Waals surface area contributed by atoms with Crippen molar-refractivity contribution in [2.24, 2.45) is 0 Å². The summed E-state index contributed by atoms with van der Waals surface area (Å²) in [7, 11) is 0. The van der Waals surface area contributed by atoms with Crippen molar-refractivity contribution >= 4 is 51.0 Å². The second-order valence-corrected chi connectivity index (χ2v) is 21.4. The van der Waals surface area contributed by atoms with E-state index in [-0.39, 0.29) is 5.41 Å². The predicted molar refractivity (Wildman–Crippen MR) is 329 cm³/mol. The summed E-state index contributed by atoms with van der Waals surface area (Å²) in [6, 6.07) is 95.2. The van der Waals surface area contributed by atoms with Crippen LogP contribution in [0.5, 0.6) is 11.5 Å². The van der Waals surface area contributed by atoms with E-state index in [1.807, 2.05) is 36.4 Å². The van der Waals surface area contributed by atoms with Crippen molar-refractivity contribution in [1.29, 1.82) is 0 Å². The quantitative estimate of drug-likeness (QED) is 0.121. The van der Waals surface area contributed by atoms with Crippen LogP contribution in [-0.4, -0.2) is 4.57 Å². The molecule has 12 aromatic rings. The first kappa shape index (κ1) is 48.0. The Morgan fingerprint density at radius 2 is 0.974 bits per heavy atom. The number of hydrogen-bond acceptors (Lipinski definition) is 2. The molecule has 1 aliphatic rings. The average molecular weight is 1000 g/mol. The Bertz CT molecular complexity index is 4200. The van der Waals surface area contributed by atoms with Gasteiger partial charge >= 0.3 is 0 Å². The predicted octanol–water partition coefficient (Wildman–Crippen LogP) is 20.3. The summed E-state index contributed by atoms with van der Waals surface area (Å²) in [5.41, 5.74) is 21.3. The number of ether oxygens (including phenoxy) is 1. The van der Waals surface area contributed by atoms with Gasteiger partial charge in [0, 0.05) is 33.4 Å². The van der Waals surface area contributed by atoms with Crippen LogP contribution in [0.25, 0.3) is 73.0 Å². The first-order valence-electron chi connectivity index (χ1n) is 26.9. The maximum atomic E-state index is 6.47. The Morgan fingerprint density at radius 1 is 0.423 bits per heavy atom. The molecule has 0 bridgehead atoms. The minimum absolute atomic E-state index is 0.0125. The molecular formula is C75H58N2O. The lowest BCUT2D eigenvalue weighted by Crippen LogP contribution is -2.29. The van der Waals surface area contributed by atoms with E-state index in [9.17, 15) is 0 Å². The van der Waals surface area contributed by atoms with Crippen LogP contribution in [0.2, 0.25) is 0 Å². The monoisotopic (exact) mass is 1000 g/mol. The van der Waals surface area contributed by atoms with Crippen LogP contribution in [0.4, 0.5) is 17.1 Å². The largest absolute Gasteiger partial charge is 0.457 e. The highest BCUT2D eigenvalue weighted by Crippen LogP contribution is 2.58. The van der Waals surface area contributed by atoms with E-state index in [1.165, 1.54) is 55.2 Å². The Morgan fingerprint density at radius 3 is 1.67 bits per heavy atom. The molecule has 0 saturated heterocycles. The average Bonchev–Trinajstić information content (AvgIpc) is 4.18. The number of para-hydroxylation sites is 2. The number of hydrogen-bond donors (Lipinski definition) is 0. The summed E-state index contributed by atoms with van der Waals surface area (Å²) in [6.45, 7) is 14.8. The highest BCUT2D eigenvalue weighted by atomic mass is 16.5. The lowest BCUT2D eigenvalue weighted by atomic mass is 9.67. The molecule has 0 N–H and O–H groups in total.